The minimum Gasteiger partial charge on any atom is -0.327 e. The molecular weight excluding hydrogens is 196 g/mol. The summed E-state index contributed by atoms with van der Waals surface area (Å²) in [6, 6.07) is 8.67. The molecule has 1 heterocycles. The van der Waals surface area contributed by atoms with Gasteiger partial charge in [0.1, 0.15) is 0 Å². The predicted molar refractivity (Wildman–Crippen MR) is 69.4 cm³/mol. The van der Waals surface area contributed by atoms with E-state index in [1.807, 2.05) is 6.08 Å². The monoisotopic (exact) mass is 216 g/mol. The third-order valence-corrected chi connectivity index (χ3v) is 3.21. The van der Waals surface area contributed by atoms with Crippen molar-refractivity contribution in [2.24, 2.45) is 5.73 Å². The molecule has 0 bridgehead atoms. The SMILES string of the molecule is NC/C=C/c1ccccc1C1CCNCC1. The topological polar surface area (TPSA) is 38.0 Å². The summed E-state index contributed by atoms with van der Waals surface area (Å²) in [7, 11) is 0. The number of hydrogen-bond acceptors (Lipinski definition) is 2. The molecule has 3 N–H and O–H groups in total. The van der Waals surface area contributed by atoms with Gasteiger partial charge in [-0.3, -0.25) is 0 Å². The maximum atomic E-state index is 5.51. The van der Waals surface area contributed by atoms with Crippen LogP contribution in [0.5, 0.6) is 0 Å². The van der Waals surface area contributed by atoms with E-state index in [-0.39, 0.29) is 0 Å². The van der Waals surface area contributed by atoms with E-state index in [4.69, 9.17) is 5.73 Å². The summed E-state index contributed by atoms with van der Waals surface area (Å²) >= 11 is 0. The Morgan fingerprint density at radius 3 is 2.75 bits per heavy atom. The summed E-state index contributed by atoms with van der Waals surface area (Å²) in [5, 5.41) is 3.41. The second kappa shape index (κ2) is 5.83. The van der Waals surface area contributed by atoms with E-state index < -0.39 is 0 Å². The molecule has 2 rings (SSSR count). The van der Waals surface area contributed by atoms with Crippen LogP contribution in [0.4, 0.5) is 0 Å². The van der Waals surface area contributed by atoms with Crippen LogP contribution in [-0.4, -0.2) is 19.6 Å². The van der Waals surface area contributed by atoms with E-state index in [9.17, 15) is 0 Å². The van der Waals surface area contributed by atoms with Gasteiger partial charge in [-0.05, 0) is 43.0 Å². The Hall–Kier alpha value is -1.12. The van der Waals surface area contributed by atoms with E-state index in [0.717, 1.165) is 13.1 Å². The summed E-state index contributed by atoms with van der Waals surface area (Å²) in [4.78, 5) is 0. The molecule has 0 spiro atoms. The Balaban J connectivity index is 2.20. The largest absolute Gasteiger partial charge is 0.327 e. The first-order valence-corrected chi connectivity index (χ1v) is 6.08. The van der Waals surface area contributed by atoms with E-state index in [0.29, 0.717) is 12.5 Å². The molecule has 0 saturated carbocycles. The summed E-state index contributed by atoms with van der Waals surface area (Å²) in [6.07, 6.45) is 6.66. The highest BCUT2D eigenvalue weighted by molar-refractivity contribution is 5.55. The lowest BCUT2D eigenvalue weighted by molar-refractivity contribution is 0.460. The normalized spacial score (nSPS) is 18.1. The third kappa shape index (κ3) is 2.71. The second-order valence-electron chi connectivity index (χ2n) is 4.29. The fourth-order valence-corrected chi connectivity index (χ4v) is 2.36. The van der Waals surface area contributed by atoms with Crippen LogP contribution in [0.1, 0.15) is 29.9 Å². The van der Waals surface area contributed by atoms with Gasteiger partial charge in [0.25, 0.3) is 0 Å². The lowest BCUT2D eigenvalue weighted by Gasteiger charge is -2.24. The fraction of sp³-hybridized carbons (Fsp3) is 0.429. The van der Waals surface area contributed by atoms with Crippen LogP contribution in [0, 0.1) is 0 Å². The van der Waals surface area contributed by atoms with Gasteiger partial charge < -0.3 is 11.1 Å². The smallest absolute Gasteiger partial charge is 0.0110 e. The van der Waals surface area contributed by atoms with Crippen molar-refractivity contribution in [2.45, 2.75) is 18.8 Å². The van der Waals surface area contributed by atoms with Gasteiger partial charge in [-0.15, -0.1) is 0 Å². The molecular formula is C14H20N2. The lowest BCUT2D eigenvalue weighted by Crippen LogP contribution is -2.26. The number of piperidine rings is 1. The van der Waals surface area contributed by atoms with Crippen LogP contribution >= 0.6 is 0 Å². The van der Waals surface area contributed by atoms with Gasteiger partial charge in [0.2, 0.25) is 0 Å². The van der Waals surface area contributed by atoms with Gasteiger partial charge >= 0.3 is 0 Å². The number of nitrogens with one attached hydrogen (secondary N) is 1. The van der Waals surface area contributed by atoms with E-state index in [1.54, 1.807) is 0 Å². The summed E-state index contributed by atoms with van der Waals surface area (Å²) in [5.74, 6) is 0.708. The van der Waals surface area contributed by atoms with Crippen molar-refractivity contribution in [3.8, 4) is 0 Å². The molecule has 86 valence electrons. The zero-order valence-electron chi connectivity index (χ0n) is 9.65. The standard InChI is InChI=1S/C14H20N2/c15-9-3-5-12-4-1-2-6-14(12)13-7-10-16-11-8-13/h1-6,13,16H,7-11,15H2/b5-3+. The highest BCUT2D eigenvalue weighted by Crippen LogP contribution is 2.28. The zero-order valence-corrected chi connectivity index (χ0v) is 9.65. The Bertz CT molecular complexity index is 352. The predicted octanol–water partition coefficient (Wildman–Crippen LogP) is 2.13. The van der Waals surface area contributed by atoms with Crippen molar-refractivity contribution < 1.29 is 0 Å². The minimum absolute atomic E-state index is 0.612. The first-order valence-electron chi connectivity index (χ1n) is 6.08. The molecule has 0 aliphatic carbocycles. The molecule has 0 amide bonds. The summed E-state index contributed by atoms with van der Waals surface area (Å²) < 4.78 is 0. The molecule has 1 fully saturated rings. The third-order valence-electron chi connectivity index (χ3n) is 3.21. The summed E-state index contributed by atoms with van der Waals surface area (Å²) in [5.41, 5.74) is 8.32. The molecule has 16 heavy (non-hydrogen) atoms. The lowest BCUT2D eigenvalue weighted by atomic mass is 9.87. The van der Waals surface area contributed by atoms with Gasteiger partial charge in [-0.2, -0.15) is 0 Å². The molecule has 2 nitrogen and oxygen atoms in total. The van der Waals surface area contributed by atoms with Crippen molar-refractivity contribution in [1.82, 2.24) is 5.32 Å². The number of benzene rings is 1. The van der Waals surface area contributed by atoms with Gasteiger partial charge in [0, 0.05) is 6.54 Å². The molecule has 0 radical (unpaired) electrons. The Morgan fingerprint density at radius 2 is 2.00 bits per heavy atom. The molecule has 0 aromatic heterocycles. The van der Waals surface area contributed by atoms with Crippen molar-refractivity contribution >= 4 is 6.08 Å². The molecule has 1 aliphatic heterocycles. The van der Waals surface area contributed by atoms with Gasteiger partial charge in [-0.25, -0.2) is 0 Å². The molecule has 1 aromatic rings. The average molecular weight is 216 g/mol. The first kappa shape index (κ1) is 11.4. The number of hydrogen-bond donors (Lipinski definition) is 2. The number of nitrogens with two attached hydrogens (primary N) is 1. The van der Waals surface area contributed by atoms with Crippen LogP contribution in [0.3, 0.4) is 0 Å². The molecule has 0 unspecified atom stereocenters. The van der Waals surface area contributed by atoms with Crippen molar-refractivity contribution in [1.29, 1.82) is 0 Å². The fourth-order valence-electron chi connectivity index (χ4n) is 2.36. The minimum atomic E-state index is 0.612. The molecule has 1 saturated heterocycles. The maximum Gasteiger partial charge on any atom is 0.0110 e. The molecule has 2 heteroatoms. The Kier molecular flexibility index (Phi) is 4.14. The van der Waals surface area contributed by atoms with E-state index in [1.165, 1.54) is 24.0 Å². The van der Waals surface area contributed by atoms with Crippen LogP contribution < -0.4 is 11.1 Å². The molecule has 0 atom stereocenters. The summed E-state index contributed by atoms with van der Waals surface area (Å²) in [6.45, 7) is 2.89. The highest BCUT2D eigenvalue weighted by atomic mass is 14.9. The van der Waals surface area contributed by atoms with Crippen LogP contribution in [0.2, 0.25) is 0 Å². The van der Waals surface area contributed by atoms with Crippen LogP contribution in [-0.2, 0) is 0 Å². The Morgan fingerprint density at radius 1 is 1.25 bits per heavy atom. The molecule has 1 aliphatic rings. The zero-order chi connectivity index (χ0) is 11.2. The first-order chi connectivity index (χ1) is 7.92. The van der Waals surface area contributed by atoms with E-state index in [2.05, 4.69) is 35.7 Å². The van der Waals surface area contributed by atoms with Gasteiger partial charge in [0.05, 0.1) is 0 Å². The van der Waals surface area contributed by atoms with Crippen molar-refractivity contribution in [3.63, 3.8) is 0 Å². The van der Waals surface area contributed by atoms with E-state index >= 15 is 0 Å². The maximum absolute atomic E-state index is 5.51. The van der Waals surface area contributed by atoms with Crippen molar-refractivity contribution in [3.05, 3.63) is 41.5 Å². The van der Waals surface area contributed by atoms with Gasteiger partial charge in [0.15, 0.2) is 0 Å². The van der Waals surface area contributed by atoms with Crippen LogP contribution in [0.25, 0.3) is 6.08 Å². The second-order valence-corrected chi connectivity index (χ2v) is 4.29. The number of rotatable bonds is 3. The van der Waals surface area contributed by atoms with Crippen LogP contribution in [0.15, 0.2) is 30.3 Å². The quantitative estimate of drug-likeness (QED) is 0.812. The highest BCUT2D eigenvalue weighted by Gasteiger charge is 2.16. The molecule has 1 aromatic carbocycles. The average Bonchev–Trinajstić information content (AvgIpc) is 2.38. The Labute approximate surface area is 97.5 Å². The van der Waals surface area contributed by atoms with Crippen molar-refractivity contribution in [2.75, 3.05) is 19.6 Å². The van der Waals surface area contributed by atoms with Gasteiger partial charge in [-0.1, -0.05) is 36.4 Å².